The highest BCUT2D eigenvalue weighted by atomic mass is 16.2. The van der Waals surface area contributed by atoms with E-state index in [0.29, 0.717) is 11.6 Å². The smallest absolute Gasteiger partial charge is 0.249 e. The van der Waals surface area contributed by atoms with E-state index in [1.807, 2.05) is 14.1 Å². The number of nitrogens with zero attached hydrogens (tertiary/aromatic N) is 5. The zero-order valence-electron chi connectivity index (χ0n) is 11.1. The molecule has 1 amide bonds. The highest BCUT2D eigenvalue weighted by Gasteiger charge is 2.15. The average Bonchev–Trinajstić information content (AvgIpc) is 2.92. The Morgan fingerprint density at radius 2 is 2.05 bits per heavy atom. The molecular weight excluding hydrogens is 244 g/mol. The highest BCUT2D eigenvalue weighted by Crippen LogP contribution is 2.11. The summed E-state index contributed by atoms with van der Waals surface area (Å²) in [7, 11) is 3.71. The van der Waals surface area contributed by atoms with E-state index in [1.54, 1.807) is 47.4 Å². The van der Waals surface area contributed by atoms with E-state index in [0.717, 1.165) is 0 Å². The summed E-state index contributed by atoms with van der Waals surface area (Å²) >= 11 is 0. The molecule has 2 rings (SSSR count). The Kier molecular flexibility index (Phi) is 3.74. The first-order chi connectivity index (χ1) is 9.08. The van der Waals surface area contributed by atoms with Crippen molar-refractivity contribution in [3.8, 4) is 0 Å². The van der Waals surface area contributed by atoms with Crippen LogP contribution in [-0.4, -0.2) is 39.8 Å². The molecule has 0 fully saturated rings. The van der Waals surface area contributed by atoms with Gasteiger partial charge in [0.05, 0.1) is 18.1 Å². The Morgan fingerprint density at radius 3 is 2.58 bits per heavy atom. The minimum absolute atomic E-state index is 0.162. The van der Waals surface area contributed by atoms with Gasteiger partial charge in [-0.05, 0) is 13.0 Å². The van der Waals surface area contributed by atoms with Gasteiger partial charge in [-0.3, -0.25) is 9.48 Å². The molecule has 2 heterocycles. The number of hydrogen-bond donors (Lipinski definition) is 1. The minimum atomic E-state index is -0.386. The van der Waals surface area contributed by atoms with Gasteiger partial charge in [0, 0.05) is 26.5 Å². The Labute approximate surface area is 111 Å². The summed E-state index contributed by atoms with van der Waals surface area (Å²) in [6.07, 6.45) is 6.54. The van der Waals surface area contributed by atoms with E-state index >= 15 is 0 Å². The number of nitrogens with one attached hydrogen (secondary N) is 1. The lowest BCUT2D eigenvalue weighted by Gasteiger charge is -2.13. The van der Waals surface area contributed by atoms with Crippen LogP contribution < -0.4 is 10.2 Å². The SMILES string of the molecule is CC(C(=O)Nc1cnc(N(C)C)nc1)n1cccn1. The van der Waals surface area contributed by atoms with Gasteiger partial charge in [-0.2, -0.15) is 5.10 Å². The lowest BCUT2D eigenvalue weighted by molar-refractivity contribution is -0.119. The summed E-state index contributed by atoms with van der Waals surface area (Å²) in [4.78, 5) is 22.0. The number of aromatic nitrogens is 4. The van der Waals surface area contributed by atoms with Crippen LogP contribution in [0.2, 0.25) is 0 Å². The number of carbonyl (C=O) groups excluding carboxylic acids is 1. The van der Waals surface area contributed by atoms with Crippen LogP contribution in [0.1, 0.15) is 13.0 Å². The topological polar surface area (TPSA) is 75.9 Å². The first-order valence-corrected chi connectivity index (χ1v) is 5.87. The van der Waals surface area contributed by atoms with Crippen LogP contribution in [0.25, 0.3) is 0 Å². The Morgan fingerprint density at radius 1 is 1.37 bits per heavy atom. The zero-order chi connectivity index (χ0) is 13.8. The monoisotopic (exact) mass is 260 g/mol. The van der Waals surface area contributed by atoms with Crippen molar-refractivity contribution in [3.05, 3.63) is 30.9 Å². The molecule has 0 saturated heterocycles. The maximum Gasteiger partial charge on any atom is 0.249 e. The molecule has 2 aromatic heterocycles. The summed E-state index contributed by atoms with van der Waals surface area (Å²) in [5, 5.41) is 6.79. The lowest BCUT2D eigenvalue weighted by Crippen LogP contribution is -2.24. The molecule has 19 heavy (non-hydrogen) atoms. The number of amides is 1. The molecule has 1 atom stereocenters. The van der Waals surface area contributed by atoms with Crippen molar-refractivity contribution in [2.45, 2.75) is 13.0 Å². The van der Waals surface area contributed by atoms with E-state index < -0.39 is 0 Å². The van der Waals surface area contributed by atoms with Gasteiger partial charge in [0.1, 0.15) is 6.04 Å². The van der Waals surface area contributed by atoms with Crippen LogP contribution in [0.15, 0.2) is 30.9 Å². The second kappa shape index (κ2) is 5.47. The normalized spacial score (nSPS) is 11.9. The van der Waals surface area contributed by atoms with Crippen molar-refractivity contribution >= 4 is 17.5 Å². The van der Waals surface area contributed by atoms with Crippen LogP contribution in [0.4, 0.5) is 11.6 Å². The third-order valence-corrected chi connectivity index (χ3v) is 2.61. The molecule has 0 radical (unpaired) electrons. The van der Waals surface area contributed by atoms with Crippen LogP contribution in [0.5, 0.6) is 0 Å². The molecule has 2 aromatic rings. The van der Waals surface area contributed by atoms with Gasteiger partial charge in [-0.15, -0.1) is 0 Å². The van der Waals surface area contributed by atoms with Crippen molar-refractivity contribution in [2.75, 3.05) is 24.3 Å². The van der Waals surface area contributed by atoms with Gasteiger partial charge >= 0.3 is 0 Å². The molecule has 0 aliphatic heterocycles. The quantitative estimate of drug-likeness (QED) is 0.885. The molecule has 0 saturated carbocycles. The van der Waals surface area contributed by atoms with Gasteiger partial charge in [0.2, 0.25) is 11.9 Å². The van der Waals surface area contributed by atoms with Gasteiger partial charge in [-0.1, -0.05) is 0 Å². The Bertz CT molecular complexity index is 534. The predicted octanol–water partition coefficient (Wildman–Crippen LogP) is 0.939. The lowest BCUT2D eigenvalue weighted by atomic mass is 10.3. The van der Waals surface area contributed by atoms with Crippen molar-refractivity contribution < 1.29 is 4.79 Å². The fourth-order valence-electron chi connectivity index (χ4n) is 1.49. The fourth-order valence-corrected chi connectivity index (χ4v) is 1.49. The van der Waals surface area contributed by atoms with Gasteiger partial charge in [0.25, 0.3) is 0 Å². The largest absolute Gasteiger partial charge is 0.347 e. The third kappa shape index (κ3) is 3.06. The van der Waals surface area contributed by atoms with E-state index in [2.05, 4.69) is 20.4 Å². The fraction of sp³-hybridized carbons (Fsp3) is 0.333. The average molecular weight is 260 g/mol. The molecule has 7 nitrogen and oxygen atoms in total. The number of rotatable bonds is 4. The zero-order valence-corrected chi connectivity index (χ0v) is 11.1. The van der Waals surface area contributed by atoms with Gasteiger partial charge in [-0.25, -0.2) is 9.97 Å². The summed E-state index contributed by atoms with van der Waals surface area (Å²) in [5.41, 5.74) is 0.564. The molecule has 0 bridgehead atoms. The summed E-state index contributed by atoms with van der Waals surface area (Å²) in [5.74, 6) is 0.433. The first kappa shape index (κ1) is 13.0. The highest BCUT2D eigenvalue weighted by molar-refractivity contribution is 5.93. The summed E-state index contributed by atoms with van der Waals surface area (Å²) in [6, 6.07) is 1.39. The minimum Gasteiger partial charge on any atom is -0.347 e. The second-order valence-electron chi connectivity index (χ2n) is 4.32. The van der Waals surface area contributed by atoms with E-state index in [-0.39, 0.29) is 11.9 Å². The molecule has 1 N–H and O–H groups in total. The van der Waals surface area contributed by atoms with Crippen LogP contribution in [0.3, 0.4) is 0 Å². The Balaban J connectivity index is 2.02. The second-order valence-corrected chi connectivity index (χ2v) is 4.32. The van der Waals surface area contributed by atoms with Crippen molar-refractivity contribution in [2.24, 2.45) is 0 Å². The summed E-state index contributed by atoms with van der Waals surface area (Å²) in [6.45, 7) is 1.78. The molecule has 1 unspecified atom stereocenters. The standard InChI is InChI=1S/C12H16N6O/c1-9(18-6-4-5-15-18)11(19)16-10-7-13-12(14-8-10)17(2)3/h4-9H,1-3H3,(H,16,19). The maximum absolute atomic E-state index is 12.0. The number of carbonyl (C=O) groups is 1. The van der Waals surface area contributed by atoms with E-state index in [1.165, 1.54) is 0 Å². The van der Waals surface area contributed by atoms with Crippen molar-refractivity contribution in [3.63, 3.8) is 0 Å². The van der Waals surface area contributed by atoms with Crippen molar-refractivity contribution in [1.29, 1.82) is 0 Å². The molecule has 0 aliphatic carbocycles. The van der Waals surface area contributed by atoms with Crippen LogP contribution in [-0.2, 0) is 4.79 Å². The molecule has 7 heteroatoms. The van der Waals surface area contributed by atoms with Gasteiger partial charge in [0.15, 0.2) is 0 Å². The Hall–Kier alpha value is -2.44. The van der Waals surface area contributed by atoms with E-state index in [9.17, 15) is 4.79 Å². The third-order valence-electron chi connectivity index (χ3n) is 2.61. The van der Waals surface area contributed by atoms with Crippen molar-refractivity contribution in [1.82, 2.24) is 19.7 Å². The van der Waals surface area contributed by atoms with Crippen LogP contribution >= 0.6 is 0 Å². The summed E-state index contributed by atoms with van der Waals surface area (Å²) < 4.78 is 1.59. The first-order valence-electron chi connectivity index (χ1n) is 5.87. The molecular formula is C12H16N6O. The molecule has 0 aliphatic rings. The molecule has 0 spiro atoms. The molecule has 0 aromatic carbocycles. The van der Waals surface area contributed by atoms with Crippen LogP contribution in [0, 0.1) is 0 Å². The maximum atomic E-state index is 12.0. The van der Waals surface area contributed by atoms with E-state index in [4.69, 9.17) is 0 Å². The number of hydrogen-bond acceptors (Lipinski definition) is 5. The molecule has 100 valence electrons. The predicted molar refractivity (Wildman–Crippen MR) is 71.9 cm³/mol. The van der Waals surface area contributed by atoms with Gasteiger partial charge < -0.3 is 10.2 Å². The number of anilines is 2.